The summed E-state index contributed by atoms with van der Waals surface area (Å²) in [4.78, 5) is 0. The summed E-state index contributed by atoms with van der Waals surface area (Å²) in [6.45, 7) is 3.91. The van der Waals surface area contributed by atoms with Crippen LogP contribution < -0.4 is 0 Å². The molecular formula is C9H16O5. The second-order valence-electron chi connectivity index (χ2n) is 4.32. The van der Waals surface area contributed by atoms with Crippen molar-refractivity contribution in [1.82, 2.24) is 0 Å². The number of aliphatic hydroxyl groups excluding tert-OH is 2. The highest BCUT2D eigenvalue weighted by molar-refractivity contribution is 4.91. The fraction of sp³-hybridized carbons (Fsp3) is 1.00. The van der Waals surface area contributed by atoms with E-state index < -0.39 is 23.8 Å². The zero-order valence-electron chi connectivity index (χ0n) is 8.40. The molecule has 0 aromatic rings. The van der Waals surface area contributed by atoms with Crippen LogP contribution in [0.2, 0.25) is 0 Å². The van der Waals surface area contributed by atoms with Crippen molar-refractivity contribution in [3.05, 3.63) is 0 Å². The van der Waals surface area contributed by atoms with Gasteiger partial charge in [-0.15, -0.1) is 0 Å². The number of aliphatic hydroxyl groups is 2. The Labute approximate surface area is 82.6 Å². The molecule has 0 bridgehead atoms. The van der Waals surface area contributed by atoms with E-state index >= 15 is 0 Å². The molecule has 0 saturated carbocycles. The van der Waals surface area contributed by atoms with Crippen molar-refractivity contribution in [2.45, 2.75) is 44.1 Å². The zero-order chi connectivity index (χ0) is 10.4. The normalized spacial score (nSPS) is 47.1. The van der Waals surface area contributed by atoms with Gasteiger partial charge in [0.2, 0.25) is 5.79 Å². The molecule has 3 atom stereocenters. The van der Waals surface area contributed by atoms with Gasteiger partial charge in [0.05, 0.1) is 12.7 Å². The topological polar surface area (TPSA) is 68.2 Å². The van der Waals surface area contributed by atoms with Crippen molar-refractivity contribution in [2.75, 3.05) is 13.2 Å². The monoisotopic (exact) mass is 204 g/mol. The summed E-state index contributed by atoms with van der Waals surface area (Å²) in [5.41, 5.74) is 0. The van der Waals surface area contributed by atoms with Crippen molar-refractivity contribution in [3.8, 4) is 0 Å². The van der Waals surface area contributed by atoms with Gasteiger partial charge in [-0.2, -0.15) is 0 Å². The van der Waals surface area contributed by atoms with E-state index in [0.29, 0.717) is 0 Å². The highest BCUT2D eigenvalue weighted by Crippen LogP contribution is 2.38. The summed E-state index contributed by atoms with van der Waals surface area (Å²) in [5, 5.41) is 19.0. The molecule has 0 unspecified atom stereocenters. The predicted octanol–water partition coefficient (Wildman–Crippen LogP) is -0.392. The van der Waals surface area contributed by atoms with Gasteiger partial charge < -0.3 is 24.4 Å². The highest BCUT2D eigenvalue weighted by atomic mass is 16.8. The number of hydrogen-bond donors (Lipinski definition) is 2. The van der Waals surface area contributed by atoms with Gasteiger partial charge in [-0.3, -0.25) is 0 Å². The van der Waals surface area contributed by atoms with E-state index in [1.807, 2.05) is 0 Å². The molecule has 2 rings (SSSR count). The SMILES string of the molecule is CC1(C)OC[C@]2(OC[C@@H](O)C[C@@H]2O)O1. The molecular weight excluding hydrogens is 188 g/mol. The maximum atomic E-state index is 9.77. The highest BCUT2D eigenvalue weighted by Gasteiger charge is 2.54. The lowest BCUT2D eigenvalue weighted by atomic mass is 10.0. The van der Waals surface area contributed by atoms with Gasteiger partial charge in [0.1, 0.15) is 12.7 Å². The molecule has 0 aliphatic carbocycles. The van der Waals surface area contributed by atoms with Crippen molar-refractivity contribution in [3.63, 3.8) is 0 Å². The minimum atomic E-state index is -1.08. The van der Waals surface area contributed by atoms with Crippen LogP contribution in [0.3, 0.4) is 0 Å². The van der Waals surface area contributed by atoms with Gasteiger partial charge in [-0.1, -0.05) is 0 Å². The maximum Gasteiger partial charge on any atom is 0.221 e. The van der Waals surface area contributed by atoms with Crippen LogP contribution in [0.1, 0.15) is 20.3 Å². The van der Waals surface area contributed by atoms with Crippen LogP contribution in [0, 0.1) is 0 Å². The van der Waals surface area contributed by atoms with E-state index in [4.69, 9.17) is 14.2 Å². The van der Waals surface area contributed by atoms with Crippen molar-refractivity contribution >= 4 is 0 Å². The first-order chi connectivity index (χ1) is 6.44. The Kier molecular flexibility index (Phi) is 2.32. The van der Waals surface area contributed by atoms with E-state index in [1.165, 1.54) is 0 Å². The Bertz CT molecular complexity index is 229. The van der Waals surface area contributed by atoms with Crippen LogP contribution in [0.25, 0.3) is 0 Å². The Morgan fingerprint density at radius 2 is 1.93 bits per heavy atom. The largest absolute Gasteiger partial charge is 0.391 e. The minimum absolute atomic E-state index is 0.177. The third kappa shape index (κ3) is 1.66. The van der Waals surface area contributed by atoms with E-state index in [9.17, 15) is 10.2 Å². The van der Waals surface area contributed by atoms with Gasteiger partial charge in [-0.05, 0) is 13.8 Å². The van der Waals surface area contributed by atoms with Crippen molar-refractivity contribution in [2.24, 2.45) is 0 Å². The lowest BCUT2D eigenvalue weighted by Crippen LogP contribution is -2.54. The summed E-state index contributed by atoms with van der Waals surface area (Å²) in [6.07, 6.45) is -1.20. The average molecular weight is 204 g/mol. The number of ether oxygens (including phenoxy) is 3. The lowest BCUT2D eigenvalue weighted by Gasteiger charge is -2.38. The standard InChI is InChI=1S/C9H16O5/c1-8(2)13-5-9(14-8)7(11)3-6(10)4-12-9/h6-7,10-11H,3-5H2,1-2H3/t6-,7-,9-/m0/s1. The first kappa shape index (κ1) is 10.3. The van der Waals surface area contributed by atoms with Crippen LogP contribution in [-0.4, -0.2) is 47.2 Å². The van der Waals surface area contributed by atoms with E-state index in [-0.39, 0.29) is 19.6 Å². The summed E-state index contributed by atoms with van der Waals surface area (Å²) in [5.74, 6) is -1.81. The molecule has 0 radical (unpaired) electrons. The molecule has 0 amide bonds. The maximum absolute atomic E-state index is 9.77. The zero-order valence-corrected chi connectivity index (χ0v) is 8.40. The van der Waals surface area contributed by atoms with E-state index in [0.717, 1.165) is 0 Å². The molecule has 82 valence electrons. The molecule has 2 N–H and O–H groups in total. The van der Waals surface area contributed by atoms with Gasteiger partial charge in [-0.25, -0.2) is 0 Å². The van der Waals surface area contributed by atoms with E-state index in [2.05, 4.69) is 0 Å². The van der Waals surface area contributed by atoms with Gasteiger partial charge in [0, 0.05) is 6.42 Å². The molecule has 2 aliphatic rings. The van der Waals surface area contributed by atoms with Crippen molar-refractivity contribution < 1.29 is 24.4 Å². The van der Waals surface area contributed by atoms with Crippen LogP contribution >= 0.6 is 0 Å². The fourth-order valence-corrected chi connectivity index (χ4v) is 1.82. The van der Waals surface area contributed by atoms with Crippen molar-refractivity contribution in [1.29, 1.82) is 0 Å². The third-order valence-corrected chi connectivity index (χ3v) is 2.56. The molecule has 1 spiro atoms. The molecule has 5 heteroatoms. The smallest absolute Gasteiger partial charge is 0.221 e. The Balaban J connectivity index is 2.10. The van der Waals surface area contributed by atoms with Crippen LogP contribution in [0.15, 0.2) is 0 Å². The van der Waals surface area contributed by atoms with Crippen LogP contribution in [0.4, 0.5) is 0 Å². The first-order valence-electron chi connectivity index (χ1n) is 4.78. The molecule has 0 aromatic carbocycles. The molecule has 2 aliphatic heterocycles. The summed E-state index contributed by atoms with van der Waals surface area (Å²) >= 11 is 0. The molecule has 2 saturated heterocycles. The number of rotatable bonds is 0. The third-order valence-electron chi connectivity index (χ3n) is 2.56. The van der Waals surface area contributed by atoms with Gasteiger partial charge >= 0.3 is 0 Å². The average Bonchev–Trinajstić information content (AvgIpc) is 2.38. The van der Waals surface area contributed by atoms with Crippen LogP contribution in [-0.2, 0) is 14.2 Å². The van der Waals surface area contributed by atoms with Gasteiger partial charge in [0.15, 0.2) is 5.79 Å². The lowest BCUT2D eigenvalue weighted by molar-refractivity contribution is -0.315. The fourth-order valence-electron chi connectivity index (χ4n) is 1.82. The predicted molar refractivity (Wildman–Crippen MR) is 46.4 cm³/mol. The Morgan fingerprint density at radius 1 is 1.21 bits per heavy atom. The van der Waals surface area contributed by atoms with E-state index in [1.54, 1.807) is 13.8 Å². The summed E-state index contributed by atoms with van der Waals surface area (Å²) in [6, 6.07) is 0. The van der Waals surface area contributed by atoms with Gasteiger partial charge in [0.25, 0.3) is 0 Å². The number of hydrogen-bond acceptors (Lipinski definition) is 5. The molecule has 5 nitrogen and oxygen atoms in total. The summed E-state index contributed by atoms with van der Waals surface area (Å²) in [7, 11) is 0. The molecule has 2 heterocycles. The second kappa shape index (κ2) is 3.15. The molecule has 14 heavy (non-hydrogen) atoms. The summed E-state index contributed by atoms with van der Waals surface area (Å²) < 4.78 is 16.2. The molecule has 0 aromatic heterocycles. The minimum Gasteiger partial charge on any atom is -0.391 e. The first-order valence-corrected chi connectivity index (χ1v) is 4.78. The second-order valence-corrected chi connectivity index (χ2v) is 4.32. The molecule has 2 fully saturated rings. The quantitative estimate of drug-likeness (QED) is 0.562. The Hall–Kier alpha value is -0.200. The Morgan fingerprint density at radius 3 is 2.43 bits per heavy atom. The van der Waals surface area contributed by atoms with Crippen LogP contribution in [0.5, 0.6) is 0 Å².